The second kappa shape index (κ2) is 8.31. The summed E-state index contributed by atoms with van der Waals surface area (Å²) in [6.45, 7) is 9.86. The molecule has 1 rings (SSSR count). The van der Waals surface area contributed by atoms with E-state index in [0.29, 0.717) is 17.2 Å². The topological polar surface area (TPSA) is 29.1 Å². The first-order chi connectivity index (χ1) is 8.58. The number of hydrogen-bond acceptors (Lipinski definition) is 2. The molecule has 1 aliphatic carbocycles. The monoisotopic (exact) mass is 273 g/mol. The fourth-order valence-corrected chi connectivity index (χ4v) is 4.96. The minimum Gasteiger partial charge on any atom is -0.313 e. The summed E-state index contributed by atoms with van der Waals surface area (Å²) in [4.78, 5) is 0. The van der Waals surface area contributed by atoms with Crippen molar-refractivity contribution >= 4 is 10.8 Å². The highest BCUT2D eigenvalue weighted by molar-refractivity contribution is 7.85. The second-order valence-electron chi connectivity index (χ2n) is 6.06. The number of nitrogens with one attached hydrogen (secondary N) is 1. The van der Waals surface area contributed by atoms with Gasteiger partial charge in [-0.3, -0.25) is 4.21 Å². The Morgan fingerprint density at radius 2 is 2.00 bits per heavy atom. The standard InChI is InChI=1S/C15H31NOS/c1-5-13-7-8-14(16-6-2)15(11-13)18(17)10-9-12(3)4/h12-16H,5-11H2,1-4H3. The molecule has 1 saturated carbocycles. The minimum absolute atomic E-state index is 0.391. The van der Waals surface area contributed by atoms with Gasteiger partial charge >= 0.3 is 0 Å². The van der Waals surface area contributed by atoms with Crippen LogP contribution >= 0.6 is 0 Å². The van der Waals surface area contributed by atoms with Crippen LogP contribution in [0.15, 0.2) is 0 Å². The van der Waals surface area contributed by atoms with Gasteiger partial charge < -0.3 is 5.32 Å². The van der Waals surface area contributed by atoms with Gasteiger partial charge in [-0.15, -0.1) is 0 Å². The number of rotatable bonds is 7. The van der Waals surface area contributed by atoms with Crippen LogP contribution in [0, 0.1) is 11.8 Å². The summed E-state index contributed by atoms with van der Waals surface area (Å²) in [5.74, 6) is 2.35. The maximum atomic E-state index is 12.5. The summed E-state index contributed by atoms with van der Waals surface area (Å²) >= 11 is 0. The summed E-state index contributed by atoms with van der Waals surface area (Å²) in [5.41, 5.74) is 0. The lowest BCUT2D eigenvalue weighted by Crippen LogP contribution is -2.46. The van der Waals surface area contributed by atoms with Crippen LogP contribution in [-0.4, -0.2) is 27.8 Å². The largest absolute Gasteiger partial charge is 0.313 e. The zero-order valence-electron chi connectivity index (χ0n) is 12.6. The molecule has 4 atom stereocenters. The van der Waals surface area contributed by atoms with Crippen molar-refractivity contribution in [1.82, 2.24) is 5.32 Å². The van der Waals surface area contributed by atoms with Gasteiger partial charge in [0.15, 0.2) is 0 Å². The van der Waals surface area contributed by atoms with Crippen LogP contribution in [0.25, 0.3) is 0 Å². The van der Waals surface area contributed by atoms with Crippen molar-refractivity contribution in [2.45, 2.75) is 71.1 Å². The Bertz CT molecular complexity index is 255. The predicted octanol–water partition coefficient (Wildman–Crippen LogP) is 3.34. The van der Waals surface area contributed by atoms with Gasteiger partial charge in [-0.1, -0.05) is 34.1 Å². The Morgan fingerprint density at radius 3 is 2.56 bits per heavy atom. The van der Waals surface area contributed by atoms with E-state index in [-0.39, 0.29) is 0 Å². The molecule has 1 aliphatic rings. The summed E-state index contributed by atoms with van der Waals surface area (Å²) in [7, 11) is -0.643. The Morgan fingerprint density at radius 1 is 1.28 bits per heavy atom. The van der Waals surface area contributed by atoms with Crippen molar-refractivity contribution in [3.8, 4) is 0 Å². The van der Waals surface area contributed by atoms with Crippen LogP contribution < -0.4 is 5.32 Å². The van der Waals surface area contributed by atoms with E-state index in [2.05, 4.69) is 33.0 Å². The summed E-state index contributed by atoms with van der Waals surface area (Å²) in [5, 5.41) is 3.95. The molecule has 0 radical (unpaired) electrons. The molecule has 0 aromatic heterocycles. The molecule has 4 unspecified atom stereocenters. The second-order valence-corrected chi connectivity index (χ2v) is 7.83. The van der Waals surface area contributed by atoms with Crippen LogP contribution in [0.4, 0.5) is 0 Å². The van der Waals surface area contributed by atoms with Crippen LogP contribution in [0.3, 0.4) is 0 Å². The van der Waals surface area contributed by atoms with Crippen molar-refractivity contribution in [2.24, 2.45) is 11.8 Å². The number of hydrogen-bond donors (Lipinski definition) is 1. The fourth-order valence-electron chi connectivity index (χ4n) is 2.87. The van der Waals surface area contributed by atoms with Gasteiger partial charge in [-0.25, -0.2) is 0 Å². The van der Waals surface area contributed by atoms with Crippen molar-refractivity contribution in [1.29, 1.82) is 0 Å². The summed E-state index contributed by atoms with van der Waals surface area (Å²) in [6, 6.07) is 0.491. The van der Waals surface area contributed by atoms with Gasteiger partial charge in [0.05, 0.1) is 5.25 Å². The predicted molar refractivity (Wildman–Crippen MR) is 81.3 cm³/mol. The van der Waals surface area contributed by atoms with E-state index in [1.165, 1.54) is 25.7 Å². The van der Waals surface area contributed by atoms with Gasteiger partial charge in [0.1, 0.15) is 0 Å². The van der Waals surface area contributed by atoms with Crippen LogP contribution in [-0.2, 0) is 10.8 Å². The lowest BCUT2D eigenvalue weighted by molar-refractivity contribution is 0.294. The zero-order valence-corrected chi connectivity index (χ0v) is 13.4. The fraction of sp³-hybridized carbons (Fsp3) is 1.00. The maximum absolute atomic E-state index is 12.5. The average Bonchev–Trinajstić information content (AvgIpc) is 2.36. The molecule has 0 amide bonds. The lowest BCUT2D eigenvalue weighted by Gasteiger charge is -2.36. The lowest BCUT2D eigenvalue weighted by atomic mass is 9.84. The van der Waals surface area contributed by atoms with E-state index in [1.807, 2.05) is 0 Å². The molecular weight excluding hydrogens is 242 g/mol. The Hall–Kier alpha value is 0.110. The highest BCUT2D eigenvalue weighted by Gasteiger charge is 2.32. The van der Waals surface area contributed by atoms with Gasteiger partial charge in [0, 0.05) is 22.6 Å². The molecule has 0 aromatic carbocycles. The highest BCUT2D eigenvalue weighted by atomic mass is 32.2. The maximum Gasteiger partial charge on any atom is 0.0503 e. The van der Waals surface area contributed by atoms with Crippen molar-refractivity contribution in [3.63, 3.8) is 0 Å². The van der Waals surface area contributed by atoms with E-state index in [1.54, 1.807) is 0 Å². The van der Waals surface area contributed by atoms with Crippen LogP contribution in [0.2, 0.25) is 0 Å². The molecule has 0 saturated heterocycles. The third-order valence-electron chi connectivity index (χ3n) is 4.18. The molecule has 0 aliphatic heterocycles. The first-order valence-electron chi connectivity index (χ1n) is 7.69. The third-order valence-corrected chi connectivity index (χ3v) is 6.01. The Kier molecular flexibility index (Phi) is 7.47. The first-order valence-corrected chi connectivity index (χ1v) is 9.07. The minimum atomic E-state index is -0.643. The molecular formula is C15H31NOS. The van der Waals surface area contributed by atoms with Crippen molar-refractivity contribution < 1.29 is 4.21 Å². The Labute approximate surface area is 116 Å². The quantitative estimate of drug-likeness (QED) is 0.771. The van der Waals surface area contributed by atoms with E-state index < -0.39 is 10.8 Å². The average molecular weight is 273 g/mol. The molecule has 18 heavy (non-hydrogen) atoms. The van der Waals surface area contributed by atoms with Gasteiger partial charge in [0.2, 0.25) is 0 Å². The molecule has 2 nitrogen and oxygen atoms in total. The highest BCUT2D eigenvalue weighted by Crippen LogP contribution is 2.30. The molecule has 108 valence electrons. The Balaban J connectivity index is 2.56. The van der Waals surface area contributed by atoms with Gasteiger partial charge in [-0.2, -0.15) is 0 Å². The normalized spacial score (nSPS) is 30.6. The molecule has 0 heterocycles. The van der Waals surface area contributed by atoms with Crippen LogP contribution in [0.1, 0.15) is 59.8 Å². The summed E-state index contributed by atoms with van der Waals surface area (Å²) in [6.07, 6.45) is 6.03. The zero-order chi connectivity index (χ0) is 13.5. The SMILES string of the molecule is CCNC1CCC(CC)CC1S(=O)CCC(C)C. The molecule has 3 heteroatoms. The molecule has 1 fully saturated rings. The van der Waals surface area contributed by atoms with Gasteiger partial charge in [0.25, 0.3) is 0 Å². The van der Waals surface area contributed by atoms with E-state index in [4.69, 9.17) is 0 Å². The van der Waals surface area contributed by atoms with Crippen molar-refractivity contribution in [3.05, 3.63) is 0 Å². The summed E-state index contributed by atoms with van der Waals surface area (Å²) < 4.78 is 12.5. The van der Waals surface area contributed by atoms with E-state index in [0.717, 1.165) is 24.6 Å². The van der Waals surface area contributed by atoms with Crippen molar-refractivity contribution in [2.75, 3.05) is 12.3 Å². The molecule has 1 N–H and O–H groups in total. The first kappa shape index (κ1) is 16.2. The van der Waals surface area contributed by atoms with E-state index in [9.17, 15) is 4.21 Å². The molecule has 0 bridgehead atoms. The third kappa shape index (κ3) is 5.00. The van der Waals surface area contributed by atoms with Crippen LogP contribution in [0.5, 0.6) is 0 Å². The smallest absolute Gasteiger partial charge is 0.0503 e. The molecule has 0 aromatic rings. The van der Waals surface area contributed by atoms with Gasteiger partial charge in [-0.05, 0) is 44.1 Å². The molecule has 0 spiro atoms. The van der Waals surface area contributed by atoms with E-state index >= 15 is 0 Å².